The van der Waals surface area contributed by atoms with Gasteiger partial charge in [-0.3, -0.25) is 14.4 Å². The van der Waals surface area contributed by atoms with Crippen molar-refractivity contribution >= 4 is 17.8 Å². The van der Waals surface area contributed by atoms with Crippen LogP contribution in [0.15, 0.2) is 0 Å². The average molecular weight is 286 g/mol. The van der Waals surface area contributed by atoms with Crippen molar-refractivity contribution in [1.29, 1.82) is 0 Å². The molecule has 0 aromatic carbocycles. The summed E-state index contributed by atoms with van der Waals surface area (Å²) >= 11 is 0. The lowest BCUT2D eigenvalue weighted by Gasteiger charge is -2.23. The Morgan fingerprint density at radius 1 is 1.10 bits per heavy atom. The molecule has 116 valence electrons. The zero-order valence-electron chi connectivity index (χ0n) is 12.9. The first kappa shape index (κ1) is 18.4. The highest BCUT2D eigenvalue weighted by atomic mass is 16.4. The number of aliphatic carboxylic acids is 1. The molecule has 0 aliphatic rings. The van der Waals surface area contributed by atoms with Crippen LogP contribution in [-0.2, 0) is 14.4 Å². The number of hydrogen-bond donors (Lipinski definition) is 3. The van der Waals surface area contributed by atoms with Gasteiger partial charge in [0.05, 0.1) is 6.42 Å². The van der Waals surface area contributed by atoms with E-state index in [1.807, 2.05) is 13.8 Å². The van der Waals surface area contributed by atoms with Gasteiger partial charge < -0.3 is 15.7 Å². The molecule has 0 saturated heterocycles. The van der Waals surface area contributed by atoms with Gasteiger partial charge in [0.15, 0.2) is 0 Å². The predicted molar refractivity (Wildman–Crippen MR) is 76.1 cm³/mol. The molecule has 6 heteroatoms. The van der Waals surface area contributed by atoms with Crippen molar-refractivity contribution in [3.8, 4) is 0 Å². The molecule has 0 aliphatic carbocycles. The summed E-state index contributed by atoms with van der Waals surface area (Å²) in [6, 6.07) is -0.623. The lowest BCUT2D eigenvalue weighted by atomic mass is 9.85. The lowest BCUT2D eigenvalue weighted by Crippen LogP contribution is -2.46. The Morgan fingerprint density at radius 3 is 2.10 bits per heavy atom. The largest absolute Gasteiger partial charge is 0.481 e. The molecule has 0 saturated carbocycles. The highest BCUT2D eigenvalue weighted by Gasteiger charge is 2.26. The van der Waals surface area contributed by atoms with Crippen LogP contribution in [0.5, 0.6) is 0 Å². The first-order valence-electron chi connectivity index (χ1n) is 6.82. The first-order valence-corrected chi connectivity index (χ1v) is 6.82. The summed E-state index contributed by atoms with van der Waals surface area (Å²) in [6.07, 6.45) is -0.0184. The summed E-state index contributed by atoms with van der Waals surface area (Å²) in [4.78, 5) is 34.2. The van der Waals surface area contributed by atoms with Crippen molar-refractivity contribution in [2.45, 2.75) is 53.5 Å². The zero-order valence-corrected chi connectivity index (χ0v) is 12.9. The molecule has 0 aliphatic heterocycles. The standard InChI is InChI=1S/C14H26N2O4/c1-9(2)8-15-13(20)10(3)16-11(17)6-14(4,5)7-12(18)19/h9-10H,6-8H2,1-5H3,(H,15,20)(H,16,17)(H,18,19). The van der Waals surface area contributed by atoms with Crippen molar-refractivity contribution in [2.75, 3.05) is 6.54 Å². The maximum Gasteiger partial charge on any atom is 0.303 e. The topological polar surface area (TPSA) is 95.5 Å². The third-order valence-electron chi connectivity index (χ3n) is 2.72. The molecule has 0 spiro atoms. The molecule has 0 fully saturated rings. The Bertz CT molecular complexity index is 364. The van der Waals surface area contributed by atoms with E-state index in [-0.39, 0.29) is 24.7 Å². The second kappa shape index (κ2) is 7.87. The molecule has 3 N–H and O–H groups in total. The minimum Gasteiger partial charge on any atom is -0.481 e. The fraction of sp³-hybridized carbons (Fsp3) is 0.786. The van der Waals surface area contributed by atoms with E-state index in [9.17, 15) is 14.4 Å². The van der Waals surface area contributed by atoms with E-state index in [1.54, 1.807) is 20.8 Å². The van der Waals surface area contributed by atoms with Crippen LogP contribution in [0, 0.1) is 11.3 Å². The molecule has 6 nitrogen and oxygen atoms in total. The van der Waals surface area contributed by atoms with Gasteiger partial charge in [0.2, 0.25) is 11.8 Å². The number of rotatable bonds is 8. The quantitative estimate of drug-likeness (QED) is 0.624. The normalized spacial score (nSPS) is 12.9. The molecule has 1 atom stereocenters. The SMILES string of the molecule is CC(C)CNC(=O)C(C)NC(=O)CC(C)(C)CC(=O)O. The summed E-state index contributed by atoms with van der Waals surface area (Å²) in [5.74, 6) is -1.14. The van der Waals surface area contributed by atoms with Crippen molar-refractivity contribution in [2.24, 2.45) is 11.3 Å². The van der Waals surface area contributed by atoms with Gasteiger partial charge in [-0.2, -0.15) is 0 Å². The van der Waals surface area contributed by atoms with E-state index >= 15 is 0 Å². The van der Waals surface area contributed by atoms with Gasteiger partial charge in [0.25, 0.3) is 0 Å². The first-order chi connectivity index (χ1) is 9.03. The molecule has 1 unspecified atom stereocenters. The Hall–Kier alpha value is -1.59. The molecule has 20 heavy (non-hydrogen) atoms. The molecule has 0 bridgehead atoms. The molecule has 0 aromatic heterocycles. The smallest absolute Gasteiger partial charge is 0.303 e. The predicted octanol–water partition coefficient (Wildman–Crippen LogP) is 1.15. The number of carbonyl (C=O) groups is 3. The van der Waals surface area contributed by atoms with Gasteiger partial charge in [-0.15, -0.1) is 0 Å². The van der Waals surface area contributed by atoms with Gasteiger partial charge in [-0.25, -0.2) is 0 Å². The van der Waals surface area contributed by atoms with Crippen LogP contribution in [-0.4, -0.2) is 35.5 Å². The van der Waals surface area contributed by atoms with Crippen LogP contribution < -0.4 is 10.6 Å². The number of carboxylic acid groups (broad SMARTS) is 1. The van der Waals surface area contributed by atoms with Crippen LogP contribution in [0.4, 0.5) is 0 Å². The van der Waals surface area contributed by atoms with Crippen molar-refractivity contribution in [1.82, 2.24) is 10.6 Å². The van der Waals surface area contributed by atoms with E-state index < -0.39 is 17.4 Å². The van der Waals surface area contributed by atoms with Gasteiger partial charge in [0, 0.05) is 13.0 Å². The second-order valence-electron chi connectivity index (χ2n) is 6.34. The van der Waals surface area contributed by atoms with Crippen molar-refractivity contribution in [3.05, 3.63) is 0 Å². The third-order valence-corrected chi connectivity index (χ3v) is 2.72. The number of carbonyl (C=O) groups excluding carboxylic acids is 2. The number of carboxylic acids is 1. The van der Waals surface area contributed by atoms with Crippen molar-refractivity contribution < 1.29 is 19.5 Å². The molecular formula is C14H26N2O4. The minimum atomic E-state index is -0.939. The van der Waals surface area contributed by atoms with Crippen molar-refractivity contribution in [3.63, 3.8) is 0 Å². The van der Waals surface area contributed by atoms with E-state index in [0.29, 0.717) is 12.5 Å². The van der Waals surface area contributed by atoms with Gasteiger partial charge in [0.1, 0.15) is 6.04 Å². The van der Waals surface area contributed by atoms with E-state index in [0.717, 1.165) is 0 Å². The lowest BCUT2D eigenvalue weighted by molar-refractivity contribution is -0.140. The van der Waals surface area contributed by atoms with Crippen LogP contribution in [0.3, 0.4) is 0 Å². The summed E-state index contributed by atoms with van der Waals surface area (Å²) < 4.78 is 0. The number of nitrogens with one attached hydrogen (secondary N) is 2. The highest BCUT2D eigenvalue weighted by Crippen LogP contribution is 2.24. The van der Waals surface area contributed by atoms with Gasteiger partial charge in [-0.1, -0.05) is 27.7 Å². The summed E-state index contributed by atoms with van der Waals surface area (Å²) in [5.41, 5.74) is -0.635. The number of amides is 2. The Balaban J connectivity index is 4.25. The van der Waals surface area contributed by atoms with E-state index in [1.165, 1.54) is 0 Å². The molecule has 0 rings (SSSR count). The molecular weight excluding hydrogens is 260 g/mol. The molecule has 0 aromatic rings. The molecule has 0 radical (unpaired) electrons. The van der Waals surface area contributed by atoms with Gasteiger partial charge in [-0.05, 0) is 18.3 Å². The van der Waals surface area contributed by atoms with Crippen LogP contribution >= 0.6 is 0 Å². The Labute approximate surface area is 120 Å². The highest BCUT2D eigenvalue weighted by molar-refractivity contribution is 5.87. The van der Waals surface area contributed by atoms with Crippen LogP contribution in [0.1, 0.15) is 47.5 Å². The third kappa shape index (κ3) is 8.50. The maximum atomic E-state index is 11.8. The maximum absolute atomic E-state index is 11.8. The molecule has 2 amide bonds. The van der Waals surface area contributed by atoms with Crippen LogP contribution in [0.25, 0.3) is 0 Å². The average Bonchev–Trinajstić information content (AvgIpc) is 2.22. The van der Waals surface area contributed by atoms with Crippen LogP contribution in [0.2, 0.25) is 0 Å². The summed E-state index contributed by atoms with van der Waals surface area (Å²) in [5, 5.41) is 14.1. The zero-order chi connectivity index (χ0) is 15.9. The molecule has 0 heterocycles. The number of hydrogen-bond acceptors (Lipinski definition) is 3. The fourth-order valence-electron chi connectivity index (χ4n) is 1.72. The second-order valence-corrected chi connectivity index (χ2v) is 6.34. The summed E-state index contributed by atoms with van der Waals surface area (Å²) in [7, 11) is 0. The van der Waals surface area contributed by atoms with E-state index in [4.69, 9.17) is 5.11 Å². The minimum absolute atomic E-state index is 0.0705. The fourth-order valence-corrected chi connectivity index (χ4v) is 1.72. The Kier molecular flexibility index (Phi) is 7.24. The summed E-state index contributed by atoms with van der Waals surface area (Å²) in [6.45, 7) is 9.56. The Morgan fingerprint density at radius 2 is 1.65 bits per heavy atom. The van der Waals surface area contributed by atoms with E-state index in [2.05, 4.69) is 10.6 Å². The monoisotopic (exact) mass is 286 g/mol. The van der Waals surface area contributed by atoms with Gasteiger partial charge >= 0.3 is 5.97 Å².